The van der Waals surface area contributed by atoms with E-state index < -0.39 is 0 Å². The number of nitrogens with one attached hydrogen (secondary N) is 1. The van der Waals surface area contributed by atoms with E-state index in [0.29, 0.717) is 11.1 Å². The number of rotatable bonds is 2. The zero-order valence-corrected chi connectivity index (χ0v) is 9.81. The summed E-state index contributed by atoms with van der Waals surface area (Å²) in [6, 6.07) is 9.13. The molecule has 0 unspecified atom stereocenters. The lowest BCUT2D eigenvalue weighted by molar-refractivity contribution is 0.103. The molecule has 0 saturated carbocycles. The number of anilines is 2. The highest BCUT2D eigenvalue weighted by molar-refractivity contribution is 6.11. The molecule has 0 radical (unpaired) electrons. The Morgan fingerprint density at radius 3 is 3.06 bits per heavy atom. The molecule has 1 aliphatic rings. The van der Waals surface area contributed by atoms with E-state index in [4.69, 9.17) is 5.73 Å². The molecule has 90 valence electrons. The number of carbonyl (C=O) groups excluding carboxylic acids is 1. The van der Waals surface area contributed by atoms with Gasteiger partial charge in [-0.15, -0.1) is 0 Å². The summed E-state index contributed by atoms with van der Waals surface area (Å²) >= 11 is 0. The molecular weight excluding hydrogens is 226 g/mol. The minimum Gasteiger partial charge on any atom is -0.384 e. The van der Waals surface area contributed by atoms with Gasteiger partial charge in [0.05, 0.1) is 5.56 Å². The van der Waals surface area contributed by atoms with Crippen LogP contribution in [-0.2, 0) is 6.42 Å². The first-order valence-electron chi connectivity index (χ1n) is 5.88. The number of nitrogens with two attached hydrogens (primary N) is 1. The van der Waals surface area contributed by atoms with E-state index in [-0.39, 0.29) is 11.6 Å². The summed E-state index contributed by atoms with van der Waals surface area (Å²) in [5.74, 6) is 0.205. The Kier molecular flexibility index (Phi) is 2.48. The maximum atomic E-state index is 12.3. The molecule has 1 aromatic heterocycles. The number of hydrogen-bond donors (Lipinski definition) is 2. The molecule has 0 amide bonds. The predicted octanol–water partition coefficient (Wildman–Crippen LogP) is 1.86. The Morgan fingerprint density at radius 1 is 1.33 bits per heavy atom. The predicted molar refractivity (Wildman–Crippen MR) is 70.7 cm³/mol. The van der Waals surface area contributed by atoms with Crippen molar-refractivity contribution in [2.45, 2.75) is 6.42 Å². The van der Waals surface area contributed by atoms with Crippen molar-refractivity contribution in [3.8, 4) is 0 Å². The summed E-state index contributed by atoms with van der Waals surface area (Å²) in [5.41, 5.74) is 9.15. The monoisotopic (exact) mass is 239 g/mol. The number of pyridine rings is 1. The highest BCUT2D eigenvalue weighted by atomic mass is 16.1. The van der Waals surface area contributed by atoms with Gasteiger partial charge in [-0.3, -0.25) is 4.79 Å². The van der Waals surface area contributed by atoms with Gasteiger partial charge >= 0.3 is 0 Å². The minimum atomic E-state index is -0.0738. The van der Waals surface area contributed by atoms with Crippen LogP contribution in [0.5, 0.6) is 0 Å². The van der Waals surface area contributed by atoms with Gasteiger partial charge in [0.25, 0.3) is 0 Å². The van der Waals surface area contributed by atoms with Gasteiger partial charge in [-0.2, -0.15) is 0 Å². The van der Waals surface area contributed by atoms with Gasteiger partial charge in [0.15, 0.2) is 5.78 Å². The Morgan fingerprint density at radius 2 is 2.22 bits per heavy atom. The van der Waals surface area contributed by atoms with Crippen molar-refractivity contribution in [1.29, 1.82) is 0 Å². The number of carbonyl (C=O) groups is 1. The molecule has 18 heavy (non-hydrogen) atoms. The summed E-state index contributed by atoms with van der Waals surface area (Å²) in [7, 11) is 0. The van der Waals surface area contributed by atoms with Crippen molar-refractivity contribution in [1.82, 2.24) is 4.98 Å². The van der Waals surface area contributed by atoms with Gasteiger partial charge in [0.1, 0.15) is 5.82 Å². The average molecular weight is 239 g/mol. The molecule has 1 aromatic carbocycles. The standard InChI is InChI=1S/C14H13N3O/c15-14-11(2-1-6-17-14)13(18)10-3-4-12-9(8-10)5-7-16-12/h1-4,6,8,16H,5,7H2,(H2,15,17). The molecule has 1 aliphatic heterocycles. The maximum absolute atomic E-state index is 12.3. The van der Waals surface area contributed by atoms with Crippen molar-refractivity contribution < 1.29 is 4.79 Å². The van der Waals surface area contributed by atoms with Crippen molar-refractivity contribution in [2.75, 3.05) is 17.6 Å². The van der Waals surface area contributed by atoms with Crippen LogP contribution in [0.2, 0.25) is 0 Å². The highest BCUT2D eigenvalue weighted by Crippen LogP contribution is 2.24. The Bertz CT molecular complexity index is 622. The lowest BCUT2D eigenvalue weighted by Crippen LogP contribution is -2.06. The number of benzene rings is 1. The fourth-order valence-electron chi connectivity index (χ4n) is 2.21. The van der Waals surface area contributed by atoms with Crippen molar-refractivity contribution in [3.63, 3.8) is 0 Å². The van der Waals surface area contributed by atoms with E-state index >= 15 is 0 Å². The van der Waals surface area contributed by atoms with Crippen LogP contribution < -0.4 is 11.1 Å². The van der Waals surface area contributed by atoms with Crippen LogP contribution in [0.25, 0.3) is 0 Å². The van der Waals surface area contributed by atoms with Crippen LogP contribution in [0.4, 0.5) is 11.5 Å². The topological polar surface area (TPSA) is 68.0 Å². The molecule has 3 N–H and O–H groups in total. The van der Waals surface area contributed by atoms with Crippen LogP contribution in [0, 0.1) is 0 Å². The van der Waals surface area contributed by atoms with Gasteiger partial charge in [-0.05, 0) is 42.3 Å². The van der Waals surface area contributed by atoms with Gasteiger partial charge in [-0.25, -0.2) is 4.98 Å². The molecule has 4 nitrogen and oxygen atoms in total. The number of hydrogen-bond acceptors (Lipinski definition) is 4. The first-order valence-corrected chi connectivity index (χ1v) is 5.88. The smallest absolute Gasteiger partial charge is 0.196 e. The quantitative estimate of drug-likeness (QED) is 0.785. The largest absolute Gasteiger partial charge is 0.384 e. The molecule has 0 atom stereocenters. The SMILES string of the molecule is Nc1ncccc1C(=O)c1ccc2c(c1)CCN2. The molecule has 4 heteroatoms. The van der Waals surface area contributed by atoms with Gasteiger partial charge in [0.2, 0.25) is 0 Å². The fourth-order valence-corrected chi connectivity index (χ4v) is 2.21. The maximum Gasteiger partial charge on any atom is 0.196 e. The molecule has 0 fully saturated rings. The van der Waals surface area contributed by atoms with E-state index in [1.54, 1.807) is 18.3 Å². The van der Waals surface area contributed by atoms with Crippen LogP contribution in [-0.4, -0.2) is 17.3 Å². The second-order valence-electron chi connectivity index (χ2n) is 4.31. The third-order valence-corrected chi connectivity index (χ3v) is 3.16. The summed E-state index contributed by atoms with van der Waals surface area (Å²) in [4.78, 5) is 16.3. The molecule has 3 rings (SSSR count). The van der Waals surface area contributed by atoms with E-state index in [0.717, 1.165) is 18.7 Å². The summed E-state index contributed by atoms with van der Waals surface area (Å²) in [6.07, 6.45) is 2.54. The van der Waals surface area contributed by atoms with E-state index in [9.17, 15) is 4.79 Å². The van der Waals surface area contributed by atoms with Gasteiger partial charge < -0.3 is 11.1 Å². The van der Waals surface area contributed by atoms with E-state index in [2.05, 4.69) is 10.3 Å². The van der Waals surface area contributed by atoms with Gasteiger partial charge in [-0.1, -0.05) is 0 Å². The second-order valence-corrected chi connectivity index (χ2v) is 4.31. The Hall–Kier alpha value is -2.36. The van der Waals surface area contributed by atoms with Crippen LogP contribution in [0.3, 0.4) is 0 Å². The average Bonchev–Trinajstić information content (AvgIpc) is 2.85. The third-order valence-electron chi connectivity index (χ3n) is 3.16. The minimum absolute atomic E-state index is 0.0738. The Balaban J connectivity index is 2.01. The molecular formula is C14H13N3O. The number of ketones is 1. The van der Waals surface area contributed by atoms with Crippen LogP contribution in [0.1, 0.15) is 21.5 Å². The van der Waals surface area contributed by atoms with Crippen LogP contribution in [0.15, 0.2) is 36.5 Å². The lowest BCUT2D eigenvalue weighted by Gasteiger charge is -2.05. The number of fused-ring (bicyclic) bond motifs is 1. The van der Waals surface area contributed by atoms with Crippen molar-refractivity contribution in [2.24, 2.45) is 0 Å². The summed E-state index contributed by atoms with van der Waals surface area (Å²) < 4.78 is 0. The third kappa shape index (κ3) is 1.72. The fraction of sp³-hybridized carbons (Fsp3) is 0.143. The van der Waals surface area contributed by atoms with E-state index in [1.165, 1.54) is 5.56 Å². The second kappa shape index (κ2) is 4.14. The first kappa shape index (κ1) is 10.8. The molecule has 0 saturated heterocycles. The molecule has 0 bridgehead atoms. The Labute approximate surface area is 105 Å². The first-order chi connectivity index (χ1) is 8.75. The van der Waals surface area contributed by atoms with Crippen molar-refractivity contribution in [3.05, 3.63) is 53.2 Å². The molecule has 0 spiro atoms. The highest BCUT2D eigenvalue weighted by Gasteiger charge is 2.16. The summed E-state index contributed by atoms with van der Waals surface area (Å²) in [6.45, 7) is 0.933. The number of nitrogen functional groups attached to an aromatic ring is 1. The zero-order chi connectivity index (χ0) is 12.5. The molecule has 0 aliphatic carbocycles. The lowest BCUT2D eigenvalue weighted by atomic mass is 10.0. The normalized spacial score (nSPS) is 12.9. The molecule has 2 heterocycles. The number of aromatic nitrogens is 1. The van der Waals surface area contributed by atoms with E-state index in [1.807, 2.05) is 18.2 Å². The van der Waals surface area contributed by atoms with Gasteiger partial charge in [0, 0.05) is 24.0 Å². The summed E-state index contributed by atoms with van der Waals surface area (Å²) in [5, 5.41) is 3.27. The number of nitrogens with zero attached hydrogens (tertiary/aromatic N) is 1. The zero-order valence-electron chi connectivity index (χ0n) is 9.81. The van der Waals surface area contributed by atoms with Crippen molar-refractivity contribution >= 4 is 17.3 Å². The molecule has 2 aromatic rings. The van der Waals surface area contributed by atoms with Crippen LogP contribution >= 0.6 is 0 Å².